The fraction of sp³-hybridized carbons (Fsp3) is 0.467. The summed E-state index contributed by atoms with van der Waals surface area (Å²) >= 11 is 0. The van der Waals surface area contributed by atoms with Gasteiger partial charge in [-0.05, 0) is 37.5 Å². The van der Waals surface area contributed by atoms with Gasteiger partial charge in [-0.2, -0.15) is 0 Å². The lowest BCUT2D eigenvalue weighted by Gasteiger charge is -2.25. The van der Waals surface area contributed by atoms with Crippen molar-refractivity contribution in [2.75, 3.05) is 6.54 Å². The molecule has 20 heavy (non-hydrogen) atoms. The number of carbonyl (C=O) groups excluding carboxylic acids is 1. The lowest BCUT2D eigenvalue weighted by molar-refractivity contribution is -0.141. The van der Waals surface area contributed by atoms with Gasteiger partial charge in [-0.3, -0.25) is 9.59 Å². The molecule has 0 saturated heterocycles. The van der Waals surface area contributed by atoms with Crippen LogP contribution in [-0.2, 0) is 9.59 Å². The van der Waals surface area contributed by atoms with E-state index in [0.29, 0.717) is 11.7 Å². The Morgan fingerprint density at radius 1 is 1.35 bits per heavy atom. The molecule has 0 fully saturated rings. The molecule has 2 N–H and O–H groups in total. The predicted molar refractivity (Wildman–Crippen MR) is 75.9 cm³/mol. The summed E-state index contributed by atoms with van der Waals surface area (Å²) in [6.45, 7) is 6.93. The summed E-state index contributed by atoms with van der Waals surface area (Å²) in [6.07, 6.45) is 0. The van der Waals surface area contributed by atoms with Crippen LogP contribution in [0.25, 0.3) is 0 Å². The van der Waals surface area contributed by atoms with Crippen LogP contribution in [0.3, 0.4) is 0 Å². The second kappa shape index (κ2) is 6.41. The zero-order chi connectivity index (χ0) is 15.3. The lowest BCUT2D eigenvalue weighted by Crippen LogP contribution is -2.47. The van der Waals surface area contributed by atoms with Crippen LogP contribution in [0.1, 0.15) is 39.2 Å². The largest absolute Gasteiger partial charge is 0.480 e. The maximum Gasteiger partial charge on any atom is 0.322 e. The highest BCUT2D eigenvalue weighted by molar-refractivity contribution is 5.87. The molecule has 1 aromatic carbocycles. The van der Waals surface area contributed by atoms with E-state index in [4.69, 9.17) is 9.84 Å². The predicted octanol–water partition coefficient (Wildman–Crippen LogP) is 2.17. The van der Waals surface area contributed by atoms with E-state index in [-0.39, 0.29) is 0 Å². The number of carbonyl (C=O) groups is 2. The number of carboxylic acids is 1. The first kappa shape index (κ1) is 16.0. The monoisotopic (exact) mass is 279 g/mol. The van der Waals surface area contributed by atoms with Crippen LogP contribution in [0.5, 0.6) is 5.75 Å². The SMILES string of the molecule is CC(C)c1cccc(OC(C)(C)C(=O)NCC(=O)O)c1. The van der Waals surface area contributed by atoms with Gasteiger partial charge in [-0.1, -0.05) is 26.0 Å². The Bertz CT molecular complexity index is 494. The van der Waals surface area contributed by atoms with Gasteiger partial charge in [0.1, 0.15) is 12.3 Å². The molecule has 0 heterocycles. The second-order valence-corrected chi connectivity index (χ2v) is 5.42. The quantitative estimate of drug-likeness (QED) is 0.836. The number of hydrogen-bond donors (Lipinski definition) is 2. The number of aliphatic carboxylic acids is 1. The minimum absolute atomic E-state index is 0.363. The minimum Gasteiger partial charge on any atom is -0.480 e. The van der Waals surface area contributed by atoms with Crippen molar-refractivity contribution >= 4 is 11.9 Å². The van der Waals surface area contributed by atoms with Crippen molar-refractivity contribution in [3.05, 3.63) is 29.8 Å². The van der Waals surface area contributed by atoms with Crippen LogP contribution in [-0.4, -0.2) is 29.1 Å². The second-order valence-electron chi connectivity index (χ2n) is 5.42. The smallest absolute Gasteiger partial charge is 0.322 e. The average Bonchev–Trinajstić information content (AvgIpc) is 2.35. The van der Waals surface area contributed by atoms with Gasteiger partial charge in [0.05, 0.1) is 0 Å². The molecule has 5 heteroatoms. The molecule has 110 valence electrons. The molecule has 0 aliphatic rings. The molecule has 0 saturated carbocycles. The molecule has 0 radical (unpaired) electrons. The topological polar surface area (TPSA) is 75.6 Å². The van der Waals surface area contributed by atoms with Gasteiger partial charge < -0.3 is 15.2 Å². The third kappa shape index (κ3) is 4.57. The molecule has 0 spiro atoms. The Labute approximate surface area is 118 Å². The number of amides is 1. The van der Waals surface area contributed by atoms with Crippen LogP contribution in [0.2, 0.25) is 0 Å². The highest BCUT2D eigenvalue weighted by atomic mass is 16.5. The Morgan fingerprint density at radius 3 is 2.55 bits per heavy atom. The highest BCUT2D eigenvalue weighted by Gasteiger charge is 2.30. The molecule has 5 nitrogen and oxygen atoms in total. The Morgan fingerprint density at radius 2 is 2.00 bits per heavy atom. The first-order valence-corrected chi connectivity index (χ1v) is 6.51. The molecule has 1 rings (SSSR count). The van der Waals surface area contributed by atoms with Crippen molar-refractivity contribution < 1.29 is 19.4 Å². The van der Waals surface area contributed by atoms with Crippen molar-refractivity contribution in [2.45, 2.75) is 39.2 Å². The summed E-state index contributed by atoms with van der Waals surface area (Å²) in [5.41, 5.74) is -0.0188. The molecule has 0 atom stereocenters. The van der Waals surface area contributed by atoms with Gasteiger partial charge in [0.2, 0.25) is 0 Å². The van der Waals surface area contributed by atoms with E-state index >= 15 is 0 Å². The Balaban J connectivity index is 2.77. The van der Waals surface area contributed by atoms with Crippen molar-refractivity contribution in [3.63, 3.8) is 0 Å². The van der Waals surface area contributed by atoms with Crippen LogP contribution in [0.4, 0.5) is 0 Å². The average molecular weight is 279 g/mol. The van der Waals surface area contributed by atoms with E-state index in [9.17, 15) is 9.59 Å². The highest BCUT2D eigenvalue weighted by Crippen LogP contribution is 2.23. The fourth-order valence-corrected chi connectivity index (χ4v) is 1.65. The number of hydrogen-bond acceptors (Lipinski definition) is 3. The van der Waals surface area contributed by atoms with Gasteiger partial charge in [-0.25, -0.2) is 0 Å². The third-order valence-electron chi connectivity index (χ3n) is 2.84. The summed E-state index contributed by atoms with van der Waals surface area (Å²) in [5.74, 6) is -0.597. The van der Waals surface area contributed by atoms with Crippen LogP contribution >= 0.6 is 0 Å². The van der Waals surface area contributed by atoms with E-state index in [1.54, 1.807) is 19.9 Å². The van der Waals surface area contributed by atoms with Crippen molar-refractivity contribution in [3.8, 4) is 5.75 Å². The van der Waals surface area contributed by atoms with Crippen molar-refractivity contribution in [1.82, 2.24) is 5.32 Å². The maximum atomic E-state index is 11.9. The number of nitrogens with one attached hydrogen (secondary N) is 1. The molecular formula is C15H21NO4. The van der Waals surface area contributed by atoms with Crippen LogP contribution in [0, 0.1) is 0 Å². The Hall–Kier alpha value is -2.04. The van der Waals surface area contributed by atoms with Crippen LogP contribution < -0.4 is 10.1 Å². The van der Waals surface area contributed by atoms with E-state index in [2.05, 4.69) is 19.2 Å². The summed E-state index contributed by atoms with van der Waals surface area (Å²) in [6, 6.07) is 7.53. The number of ether oxygens (including phenoxy) is 1. The zero-order valence-electron chi connectivity index (χ0n) is 12.3. The summed E-state index contributed by atoms with van der Waals surface area (Å²) in [4.78, 5) is 22.3. The van der Waals surface area contributed by atoms with E-state index < -0.39 is 24.0 Å². The lowest BCUT2D eigenvalue weighted by atomic mass is 10.0. The van der Waals surface area contributed by atoms with E-state index in [1.165, 1.54) is 0 Å². The number of benzene rings is 1. The molecular weight excluding hydrogens is 258 g/mol. The molecule has 0 bridgehead atoms. The normalized spacial score (nSPS) is 11.2. The molecule has 0 aliphatic heterocycles. The standard InChI is InChI=1S/C15H21NO4/c1-10(2)11-6-5-7-12(8-11)20-15(3,4)14(19)16-9-13(17)18/h5-8,10H,9H2,1-4H3,(H,16,19)(H,17,18). The van der Waals surface area contributed by atoms with Gasteiger partial charge in [0.25, 0.3) is 5.91 Å². The summed E-state index contributed by atoms with van der Waals surface area (Å²) < 4.78 is 5.68. The molecule has 0 unspecified atom stereocenters. The van der Waals surface area contributed by atoms with Gasteiger partial charge >= 0.3 is 5.97 Å². The van der Waals surface area contributed by atoms with Gasteiger partial charge in [0, 0.05) is 0 Å². The van der Waals surface area contributed by atoms with Crippen molar-refractivity contribution in [2.24, 2.45) is 0 Å². The molecule has 0 aromatic heterocycles. The molecule has 0 aliphatic carbocycles. The van der Waals surface area contributed by atoms with Crippen molar-refractivity contribution in [1.29, 1.82) is 0 Å². The van der Waals surface area contributed by atoms with E-state index in [0.717, 1.165) is 5.56 Å². The molecule has 1 aromatic rings. The Kier molecular flexibility index (Phi) is 5.13. The van der Waals surface area contributed by atoms with Gasteiger partial charge in [0.15, 0.2) is 5.60 Å². The zero-order valence-corrected chi connectivity index (χ0v) is 12.3. The minimum atomic E-state index is -1.13. The first-order valence-electron chi connectivity index (χ1n) is 6.51. The third-order valence-corrected chi connectivity index (χ3v) is 2.84. The fourth-order valence-electron chi connectivity index (χ4n) is 1.65. The maximum absolute atomic E-state index is 11.9. The summed E-state index contributed by atoms with van der Waals surface area (Å²) in [7, 11) is 0. The van der Waals surface area contributed by atoms with Crippen LogP contribution in [0.15, 0.2) is 24.3 Å². The van der Waals surface area contributed by atoms with E-state index in [1.807, 2.05) is 18.2 Å². The number of carboxylic acid groups (broad SMARTS) is 1. The summed E-state index contributed by atoms with van der Waals surface area (Å²) in [5, 5.41) is 10.9. The molecule has 1 amide bonds. The van der Waals surface area contributed by atoms with Gasteiger partial charge in [-0.15, -0.1) is 0 Å². The first-order chi connectivity index (χ1) is 9.22. The number of rotatable bonds is 6.